The molecule has 0 saturated carbocycles. The van der Waals surface area contributed by atoms with Gasteiger partial charge in [-0.1, -0.05) is 27.7 Å². The predicted octanol–water partition coefficient (Wildman–Crippen LogP) is 3.95. The van der Waals surface area contributed by atoms with E-state index in [1.807, 2.05) is 0 Å². The van der Waals surface area contributed by atoms with Crippen molar-refractivity contribution < 1.29 is 14.7 Å². The average molecular weight is 309 g/mol. The fraction of sp³-hybridized carbons (Fsp3) is 0.625. The van der Waals surface area contributed by atoms with Gasteiger partial charge in [0.15, 0.2) is 0 Å². The molecule has 1 aliphatic carbocycles. The molecule has 1 unspecified atom stereocenters. The topological polar surface area (TPSA) is 66.4 Å². The van der Waals surface area contributed by atoms with Crippen LogP contribution in [-0.2, 0) is 17.6 Å². The van der Waals surface area contributed by atoms with Crippen molar-refractivity contribution in [2.24, 2.45) is 11.3 Å². The summed E-state index contributed by atoms with van der Waals surface area (Å²) in [6.45, 7) is 8.45. The van der Waals surface area contributed by atoms with Crippen molar-refractivity contribution in [3.8, 4) is 0 Å². The van der Waals surface area contributed by atoms with Crippen LogP contribution in [0.2, 0.25) is 0 Å². The maximum absolute atomic E-state index is 11.6. The minimum atomic E-state index is -0.937. The largest absolute Gasteiger partial charge is 0.478 e. The summed E-state index contributed by atoms with van der Waals surface area (Å²) in [5, 5.41) is 12.7. The van der Waals surface area contributed by atoms with Crippen molar-refractivity contribution >= 4 is 28.2 Å². The number of amides is 1. The first-order valence-electron chi connectivity index (χ1n) is 7.41. The molecule has 0 fully saturated rings. The first kappa shape index (κ1) is 16.0. The van der Waals surface area contributed by atoms with Crippen LogP contribution in [0, 0.1) is 11.3 Å². The quantitative estimate of drug-likeness (QED) is 0.888. The van der Waals surface area contributed by atoms with E-state index in [1.165, 1.54) is 11.3 Å². The third-order valence-corrected chi connectivity index (χ3v) is 5.45. The number of carbonyl (C=O) groups is 2. The van der Waals surface area contributed by atoms with Gasteiger partial charge in [-0.2, -0.15) is 0 Å². The number of nitrogens with one attached hydrogen (secondary N) is 1. The summed E-state index contributed by atoms with van der Waals surface area (Å²) in [6.07, 6.45) is 3.06. The Morgan fingerprint density at radius 3 is 2.57 bits per heavy atom. The van der Waals surface area contributed by atoms with E-state index in [1.54, 1.807) is 6.92 Å². The molecule has 2 rings (SSSR count). The molecule has 5 heteroatoms. The molecule has 1 aliphatic rings. The van der Waals surface area contributed by atoms with Crippen LogP contribution < -0.4 is 5.32 Å². The summed E-state index contributed by atoms with van der Waals surface area (Å²) in [6, 6.07) is 0. The zero-order valence-corrected chi connectivity index (χ0v) is 13.9. The molecule has 0 aromatic carbocycles. The van der Waals surface area contributed by atoms with Crippen LogP contribution in [0.4, 0.5) is 5.00 Å². The fourth-order valence-corrected chi connectivity index (χ4v) is 4.19. The Labute approximate surface area is 129 Å². The first-order valence-corrected chi connectivity index (χ1v) is 8.23. The van der Waals surface area contributed by atoms with Gasteiger partial charge in [0.2, 0.25) is 5.91 Å². The highest BCUT2D eigenvalue weighted by Crippen LogP contribution is 2.44. The van der Waals surface area contributed by atoms with Gasteiger partial charge in [0.1, 0.15) is 5.00 Å². The Bertz CT molecular complexity index is 569. The van der Waals surface area contributed by atoms with Gasteiger partial charge in [-0.15, -0.1) is 11.3 Å². The van der Waals surface area contributed by atoms with Crippen molar-refractivity contribution in [2.45, 2.75) is 53.4 Å². The van der Waals surface area contributed by atoms with E-state index in [2.05, 4.69) is 26.1 Å². The number of aromatic carboxylic acids is 1. The second-order valence-corrected chi connectivity index (χ2v) is 7.83. The molecule has 1 aromatic heterocycles. The van der Waals surface area contributed by atoms with E-state index in [0.717, 1.165) is 29.7 Å². The van der Waals surface area contributed by atoms with Crippen LogP contribution in [0.15, 0.2) is 0 Å². The highest BCUT2D eigenvalue weighted by Gasteiger charge is 2.33. The van der Waals surface area contributed by atoms with Gasteiger partial charge >= 0.3 is 5.97 Å². The van der Waals surface area contributed by atoms with Crippen LogP contribution >= 0.6 is 11.3 Å². The number of thiophene rings is 1. The number of carboxylic acid groups (broad SMARTS) is 1. The van der Waals surface area contributed by atoms with Crippen LogP contribution in [0.3, 0.4) is 0 Å². The van der Waals surface area contributed by atoms with E-state index in [0.29, 0.717) is 22.9 Å². The minimum Gasteiger partial charge on any atom is -0.478 e. The summed E-state index contributed by atoms with van der Waals surface area (Å²) in [7, 11) is 0. The third-order valence-electron chi connectivity index (χ3n) is 4.28. The summed E-state index contributed by atoms with van der Waals surface area (Å²) in [5.74, 6) is -0.517. The molecule has 0 saturated heterocycles. The molecule has 0 radical (unpaired) electrons. The number of rotatable bonds is 3. The Morgan fingerprint density at radius 2 is 2.05 bits per heavy atom. The normalized spacial score (nSPS) is 18.2. The molecular weight excluding hydrogens is 286 g/mol. The highest BCUT2D eigenvalue weighted by molar-refractivity contribution is 7.17. The lowest BCUT2D eigenvalue weighted by Gasteiger charge is -2.33. The van der Waals surface area contributed by atoms with E-state index >= 15 is 0 Å². The lowest BCUT2D eigenvalue weighted by molar-refractivity contribution is -0.115. The van der Waals surface area contributed by atoms with Gasteiger partial charge < -0.3 is 10.4 Å². The first-order chi connectivity index (χ1) is 9.74. The molecule has 1 atom stereocenters. The predicted molar refractivity (Wildman–Crippen MR) is 85.2 cm³/mol. The Balaban J connectivity index is 2.37. The summed E-state index contributed by atoms with van der Waals surface area (Å²) in [4.78, 5) is 24.3. The average Bonchev–Trinajstić information content (AvgIpc) is 2.74. The Hall–Kier alpha value is -1.36. The molecule has 1 aromatic rings. The van der Waals surface area contributed by atoms with Gasteiger partial charge in [0.05, 0.1) is 5.56 Å². The van der Waals surface area contributed by atoms with E-state index in [9.17, 15) is 14.7 Å². The summed E-state index contributed by atoms with van der Waals surface area (Å²) >= 11 is 1.44. The van der Waals surface area contributed by atoms with E-state index in [4.69, 9.17) is 0 Å². The van der Waals surface area contributed by atoms with Crippen LogP contribution in [0.25, 0.3) is 0 Å². The second kappa shape index (κ2) is 5.79. The molecule has 1 amide bonds. The van der Waals surface area contributed by atoms with E-state index in [-0.39, 0.29) is 11.3 Å². The SMILES string of the molecule is CCC(=O)Nc1sc2c(c1C(=O)O)CCC(C(C)(C)C)C2. The smallest absolute Gasteiger partial charge is 0.339 e. The highest BCUT2D eigenvalue weighted by atomic mass is 32.1. The number of hydrogen-bond donors (Lipinski definition) is 2. The molecular formula is C16H23NO3S. The van der Waals surface area contributed by atoms with Crippen LogP contribution in [0.1, 0.15) is 61.3 Å². The van der Waals surface area contributed by atoms with Crippen molar-refractivity contribution in [3.63, 3.8) is 0 Å². The van der Waals surface area contributed by atoms with Crippen LogP contribution in [-0.4, -0.2) is 17.0 Å². The molecule has 1 heterocycles. The molecule has 0 spiro atoms. The maximum atomic E-state index is 11.6. The third kappa shape index (κ3) is 3.28. The van der Waals surface area contributed by atoms with Gasteiger partial charge in [-0.25, -0.2) is 4.79 Å². The number of carboxylic acids is 1. The Kier molecular flexibility index (Phi) is 4.42. The number of anilines is 1. The van der Waals surface area contributed by atoms with Crippen molar-refractivity contribution in [3.05, 3.63) is 16.0 Å². The van der Waals surface area contributed by atoms with Gasteiger partial charge in [0.25, 0.3) is 0 Å². The van der Waals surface area contributed by atoms with Gasteiger partial charge in [-0.3, -0.25) is 4.79 Å². The van der Waals surface area contributed by atoms with Crippen molar-refractivity contribution in [2.75, 3.05) is 5.32 Å². The van der Waals surface area contributed by atoms with Gasteiger partial charge in [-0.05, 0) is 36.2 Å². The summed E-state index contributed by atoms with van der Waals surface area (Å²) < 4.78 is 0. The molecule has 0 bridgehead atoms. The minimum absolute atomic E-state index is 0.136. The number of carbonyl (C=O) groups excluding carboxylic acids is 1. The standard InChI is InChI=1S/C16H23NO3S/c1-5-12(18)17-14-13(15(19)20)10-7-6-9(16(2,3)4)8-11(10)21-14/h9H,5-8H2,1-4H3,(H,17,18)(H,19,20). The van der Waals surface area contributed by atoms with Gasteiger partial charge in [0, 0.05) is 11.3 Å². The lowest BCUT2D eigenvalue weighted by atomic mass is 9.72. The lowest BCUT2D eigenvalue weighted by Crippen LogP contribution is -2.26. The molecule has 2 N–H and O–H groups in total. The zero-order chi connectivity index (χ0) is 15.8. The Morgan fingerprint density at radius 1 is 1.38 bits per heavy atom. The monoisotopic (exact) mass is 309 g/mol. The van der Waals surface area contributed by atoms with Crippen LogP contribution in [0.5, 0.6) is 0 Å². The second-order valence-electron chi connectivity index (χ2n) is 6.72. The van der Waals surface area contributed by atoms with Crippen molar-refractivity contribution in [1.82, 2.24) is 0 Å². The van der Waals surface area contributed by atoms with E-state index < -0.39 is 5.97 Å². The maximum Gasteiger partial charge on any atom is 0.339 e. The number of hydrogen-bond acceptors (Lipinski definition) is 3. The summed E-state index contributed by atoms with van der Waals surface area (Å²) in [5.41, 5.74) is 1.46. The molecule has 21 heavy (non-hydrogen) atoms. The molecule has 0 aliphatic heterocycles. The molecule has 116 valence electrons. The van der Waals surface area contributed by atoms with Crippen molar-refractivity contribution in [1.29, 1.82) is 0 Å². The fourth-order valence-electron chi connectivity index (χ4n) is 2.85. The number of fused-ring (bicyclic) bond motifs is 1. The zero-order valence-electron chi connectivity index (χ0n) is 13.1. The molecule has 4 nitrogen and oxygen atoms in total.